The van der Waals surface area contributed by atoms with Gasteiger partial charge in [0, 0.05) is 10.0 Å². The minimum Gasteiger partial charge on any atom is -0.490 e. The molecule has 1 aromatic heterocycles. The Morgan fingerprint density at radius 1 is 1.07 bits per heavy atom. The Hall–Kier alpha value is -4.21. The quantitative estimate of drug-likeness (QED) is 0.154. The van der Waals surface area contributed by atoms with Crippen LogP contribution in [0.2, 0.25) is 0 Å². The predicted molar refractivity (Wildman–Crippen MR) is 172 cm³/mol. The Labute approximate surface area is 262 Å². The molecular weight excluding hydrogens is 628 g/mol. The highest BCUT2D eigenvalue weighted by Crippen LogP contribution is 2.32. The summed E-state index contributed by atoms with van der Waals surface area (Å²) in [6, 6.07) is 20.5. The average Bonchev–Trinajstić information content (AvgIpc) is 3.30. The summed E-state index contributed by atoms with van der Waals surface area (Å²) in [4.78, 5) is 32.4. The lowest BCUT2D eigenvalue weighted by Crippen LogP contribution is -2.39. The van der Waals surface area contributed by atoms with E-state index < -0.39 is 12.0 Å². The summed E-state index contributed by atoms with van der Waals surface area (Å²) >= 11 is 4.82. The summed E-state index contributed by atoms with van der Waals surface area (Å²) in [7, 11) is 0. The Kier molecular flexibility index (Phi) is 9.43. The van der Waals surface area contributed by atoms with Crippen molar-refractivity contribution in [1.82, 2.24) is 4.57 Å². The standard InChI is InChI=1S/C34H31BrN2O5S/c1-5-17-41-27-14-11-24(12-15-27)31-30(33(39)40-6-2)22(4)36-34-37(31)32(38)29(43-34)19-25-18-26(35)13-16-28(25)42-20-23-9-7-21(3)8-10-23/h5,7-16,18-19,31H,1,6,17,20H2,2-4H3/b29-19-/t31-/m0/s1. The van der Waals surface area contributed by atoms with Gasteiger partial charge in [-0.1, -0.05) is 81.9 Å². The first-order valence-electron chi connectivity index (χ1n) is 13.8. The summed E-state index contributed by atoms with van der Waals surface area (Å²) in [6.45, 7) is 10.2. The number of nitrogens with zero attached hydrogens (tertiary/aromatic N) is 2. The Bertz CT molecular complexity index is 1870. The minimum atomic E-state index is -0.717. The largest absolute Gasteiger partial charge is 0.490 e. The first-order valence-corrected chi connectivity index (χ1v) is 15.4. The second-order valence-electron chi connectivity index (χ2n) is 9.93. The van der Waals surface area contributed by atoms with Gasteiger partial charge in [-0.2, -0.15) is 0 Å². The molecular formula is C34H31BrN2O5S. The zero-order chi connectivity index (χ0) is 30.5. The van der Waals surface area contributed by atoms with Crippen molar-refractivity contribution in [2.75, 3.05) is 13.2 Å². The molecule has 5 rings (SSSR count). The van der Waals surface area contributed by atoms with E-state index in [1.807, 2.05) is 79.7 Å². The van der Waals surface area contributed by atoms with Gasteiger partial charge in [-0.25, -0.2) is 9.79 Å². The summed E-state index contributed by atoms with van der Waals surface area (Å²) in [5.74, 6) is 0.792. The van der Waals surface area contributed by atoms with E-state index in [4.69, 9.17) is 14.2 Å². The number of esters is 1. The molecule has 2 heterocycles. The number of rotatable bonds is 10. The summed E-state index contributed by atoms with van der Waals surface area (Å²) in [5, 5.41) is 0. The van der Waals surface area contributed by atoms with Crippen molar-refractivity contribution in [1.29, 1.82) is 0 Å². The maximum Gasteiger partial charge on any atom is 0.338 e. The third kappa shape index (κ3) is 6.73. The molecule has 0 unspecified atom stereocenters. The lowest BCUT2D eigenvalue weighted by atomic mass is 9.96. The molecule has 0 saturated carbocycles. The molecule has 0 aliphatic carbocycles. The first-order chi connectivity index (χ1) is 20.8. The van der Waals surface area contributed by atoms with Crippen LogP contribution in [0.15, 0.2) is 105 Å². The number of aromatic nitrogens is 1. The van der Waals surface area contributed by atoms with Crippen LogP contribution in [-0.2, 0) is 16.1 Å². The van der Waals surface area contributed by atoms with Crippen molar-refractivity contribution >= 4 is 39.3 Å². The number of aryl methyl sites for hydroxylation is 1. The monoisotopic (exact) mass is 658 g/mol. The fourth-order valence-corrected chi connectivity index (χ4v) is 6.17. The highest BCUT2D eigenvalue weighted by atomic mass is 79.9. The fraction of sp³-hybridized carbons (Fsp3) is 0.206. The molecule has 9 heteroatoms. The lowest BCUT2D eigenvalue weighted by Gasteiger charge is -2.24. The number of carbonyl (C=O) groups is 1. The van der Waals surface area contributed by atoms with Crippen molar-refractivity contribution < 1.29 is 19.0 Å². The number of fused-ring (bicyclic) bond motifs is 1. The van der Waals surface area contributed by atoms with E-state index in [1.165, 1.54) is 16.9 Å². The summed E-state index contributed by atoms with van der Waals surface area (Å²) in [6.07, 6.45) is 3.48. The van der Waals surface area contributed by atoms with E-state index in [9.17, 15) is 9.59 Å². The van der Waals surface area contributed by atoms with Gasteiger partial charge in [-0.05, 0) is 68.3 Å². The molecule has 0 saturated heterocycles. The van der Waals surface area contributed by atoms with Crippen LogP contribution < -0.4 is 24.4 Å². The first kappa shape index (κ1) is 30.3. The molecule has 0 N–H and O–H groups in total. The maximum atomic E-state index is 14.1. The molecule has 220 valence electrons. The van der Waals surface area contributed by atoms with Crippen LogP contribution >= 0.6 is 27.3 Å². The van der Waals surface area contributed by atoms with Crippen LogP contribution in [0.25, 0.3) is 6.08 Å². The number of carbonyl (C=O) groups excluding carboxylic acids is 1. The summed E-state index contributed by atoms with van der Waals surface area (Å²) in [5.41, 5.74) is 4.27. The van der Waals surface area contributed by atoms with Gasteiger partial charge in [0.1, 0.15) is 24.7 Å². The maximum absolute atomic E-state index is 14.1. The third-order valence-electron chi connectivity index (χ3n) is 6.85. The van der Waals surface area contributed by atoms with Crippen LogP contribution in [0, 0.1) is 6.92 Å². The molecule has 1 aliphatic heterocycles. The average molecular weight is 660 g/mol. The SMILES string of the molecule is C=CCOc1ccc([C@H]2C(C(=O)OCC)=C(C)N=c3s/c(=C\c4cc(Br)ccc4OCc4ccc(C)cc4)c(=O)n32)cc1. The van der Waals surface area contributed by atoms with Gasteiger partial charge < -0.3 is 14.2 Å². The highest BCUT2D eigenvalue weighted by molar-refractivity contribution is 9.10. The second-order valence-corrected chi connectivity index (χ2v) is 11.9. The molecule has 7 nitrogen and oxygen atoms in total. The van der Waals surface area contributed by atoms with E-state index in [1.54, 1.807) is 24.5 Å². The van der Waals surface area contributed by atoms with E-state index in [2.05, 4.69) is 27.5 Å². The minimum absolute atomic E-state index is 0.204. The van der Waals surface area contributed by atoms with Crippen LogP contribution in [-0.4, -0.2) is 23.8 Å². The van der Waals surface area contributed by atoms with Crippen molar-refractivity contribution in [3.63, 3.8) is 0 Å². The van der Waals surface area contributed by atoms with Gasteiger partial charge in [0.05, 0.1) is 28.5 Å². The van der Waals surface area contributed by atoms with Crippen molar-refractivity contribution in [2.45, 2.75) is 33.4 Å². The van der Waals surface area contributed by atoms with Gasteiger partial charge >= 0.3 is 5.97 Å². The number of hydrogen-bond donors (Lipinski definition) is 0. The smallest absolute Gasteiger partial charge is 0.338 e. The molecule has 0 amide bonds. The number of benzene rings is 3. The number of thiazole rings is 1. The zero-order valence-corrected chi connectivity index (χ0v) is 26.5. The van der Waals surface area contributed by atoms with Crippen LogP contribution in [0.5, 0.6) is 11.5 Å². The molecule has 0 spiro atoms. The predicted octanol–water partition coefficient (Wildman–Crippen LogP) is 6.01. The topological polar surface area (TPSA) is 79.1 Å². The van der Waals surface area contributed by atoms with Crippen LogP contribution in [0.3, 0.4) is 0 Å². The Morgan fingerprint density at radius 2 is 1.81 bits per heavy atom. The molecule has 43 heavy (non-hydrogen) atoms. The molecule has 0 fully saturated rings. The second kappa shape index (κ2) is 13.4. The van der Waals surface area contributed by atoms with E-state index in [0.29, 0.717) is 45.3 Å². The number of halogens is 1. The molecule has 0 bridgehead atoms. The Morgan fingerprint density at radius 3 is 2.51 bits per heavy atom. The molecule has 4 aromatic rings. The molecule has 0 radical (unpaired) electrons. The van der Waals surface area contributed by atoms with E-state index in [-0.39, 0.29) is 12.2 Å². The lowest BCUT2D eigenvalue weighted by molar-refractivity contribution is -0.139. The third-order valence-corrected chi connectivity index (χ3v) is 8.33. The van der Waals surface area contributed by atoms with Crippen molar-refractivity contribution in [3.05, 3.63) is 137 Å². The zero-order valence-electron chi connectivity index (χ0n) is 24.1. The normalized spacial score (nSPS) is 14.6. The summed E-state index contributed by atoms with van der Waals surface area (Å²) < 4.78 is 20.1. The molecule has 3 aromatic carbocycles. The molecule has 1 atom stereocenters. The highest BCUT2D eigenvalue weighted by Gasteiger charge is 2.33. The fourth-order valence-electron chi connectivity index (χ4n) is 4.76. The molecule has 1 aliphatic rings. The Balaban J connectivity index is 1.59. The van der Waals surface area contributed by atoms with Gasteiger partial charge in [0.2, 0.25) is 0 Å². The number of ether oxygens (including phenoxy) is 3. The van der Waals surface area contributed by atoms with Gasteiger partial charge in [-0.3, -0.25) is 9.36 Å². The van der Waals surface area contributed by atoms with Gasteiger partial charge in [0.25, 0.3) is 5.56 Å². The van der Waals surface area contributed by atoms with Crippen molar-refractivity contribution in [2.24, 2.45) is 4.99 Å². The van der Waals surface area contributed by atoms with Crippen LogP contribution in [0.4, 0.5) is 0 Å². The van der Waals surface area contributed by atoms with Gasteiger partial charge in [0.15, 0.2) is 4.80 Å². The van der Waals surface area contributed by atoms with Gasteiger partial charge in [-0.15, -0.1) is 0 Å². The van der Waals surface area contributed by atoms with Crippen molar-refractivity contribution in [3.8, 4) is 11.5 Å². The number of allylic oxidation sites excluding steroid dienone is 1. The van der Waals surface area contributed by atoms with E-state index >= 15 is 0 Å². The number of hydrogen-bond acceptors (Lipinski definition) is 7. The van der Waals surface area contributed by atoms with E-state index in [0.717, 1.165) is 21.2 Å². The van der Waals surface area contributed by atoms with Crippen LogP contribution in [0.1, 0.15) is 42.1 Å².